The van der Waals surface area contributed by atoms with Crippen LogP contribution >= 0.6 is 11.8 Å². The first-order valence-electron chi connectivity index (χ1n) is 11.7. The summed E-state index contributed by atoms with van der Waals surface area (Å²) in [5.74, 6) is 0.808. The highest BCUT2D eigenvalue weighted by atomic mass is 32.2. The van der Waals surface area contributed by atoms with Gasteiger partial charge in [0.05, 0.1) is 18.5 Å². The fraction of sp³-hybridized carbons (Fsp3) is 0.0667. The van der Waals surface area contributed by atoms with Crippen molar-refractivity contribution in [3.63, 3.8) is 0 Å². The Hall–Kier alpha value is -4.29. The summed E-state index contributed by atoms with van der Waals surface area (Å²) >= 11 is 1.63. The molecule has 176 valence electrons. The third-order valence-electron chi connectivity index (χ3n) is 6.10. The van der Waals surface area contributed by atoms with Gasteiger partial charge in [-0.1, -0.05) is 78.9 Å². The molecule has 5 nitrogen and oxygen atoms in total. The summed E-state index contributed by atoms with van der Waals surface area (Å²) in [7, 11) is 1.68. The minimum Gasteiger partial charge on any atom is -0.497 e. The van der Waals surface area contributed by atoms with Crippen molar-refractivity contribution in [1.29, 1.82) is 0 Å². The van der Waals surface area contributed by atoms with Crippen LogP contribution in [0.3, 0.4) is 0 Å². The maximum atomic E-state index is 5.42. The summed E-state index contributed by atoms with van der Waals surface area (Å²) in [4.78, 5) is 7.59. The van der Waals surface area contributed by atoms with Gasteiger partial charge < -0.3 is 4.74 Å². The summed E-state index contributed by atoms with van der Waals surface area (Å²) < 4.78 is 5.41. The zero-order valence-electron chi connectivity index (χ0n) is 19.7. The molecule has 4 aromatic carbocycles. The minimum atomic E-state index is -0.902. The van der Waals surface area contributed by atoms with Gasteiger partial charge >= 0.3 is 0 Å². The topological polar surface area (TPSA) is 40.4 Å². The zero-order chi connectivity index (χ0) is 24.4. The minimum absolute atomic E-state index is 0.808. The van der Waals surface area contributed by atoms with Gasteiger partial charge in [0.25, 0.3) is 5.12 Å². The lowest BCUT2D eigenvalue weighted by atomic mass is 10.1. The molecular weight excluding hydrogens is 464 g/mol. The average molecular weight is 489 g/mol. The molecule has 0 aromatic heterocycles. The summed E-state index contributed by atoms with van der Waals surface area (Å²) in [6, 6.07) is 38.8. The second kappa shape index (κ2) is 9.40. The van der Waals surface area contributed by atoms with Crippen molar-refractivity contribution in [3.8, 4) is 5.75 Å². The lowest BCUT2D eigenvalue weighted by Gasteiger charge is -2.43. The van der Waals surface area contributed by atoms with Gasteiger partial charge in [-0.3, -0.25) is 4.90 Å². The highest BCUT2D eigenvalue weighted by Crippen LogP contribution is 2.49. The van der Waals surface area contributed by atoms with Crippen molar-refractivity contribution in [2.45, 2.75) is 5.12 Å². The molecule has 6 rings (SSSR count). The standard InChI is InChI=1S/C30H24N4OS/c1-35-27-19-17-25(18-20-27)33-22-21-28(23-11-5-2-6-12-23)31-30(33)34(26-15-9-4-10-16-26)32-29(36-30)24-13-7-3-8-14-24/h2-22H,1H3. The molecule has 4 aromatic rings. The first-order valence-corrected chi connectivity index (χ1v) is 12.5. The molecule has 0 bridgehead atoms. The van der Waals surface area contributed by atoms with Crippen molar-refractivity contribution >= 4 is 33.9 Å². The van der Waals surface area contributed by atoms with E-state index in [2.05, 4.69) is 65.7 Å². The van der Waals surface area contributed by atoms with Crippen LogP contribution in [0.25, 0.3) is 0 Å². The number of aliphatic imine (C=N–C) groups is 1. The number of hydrogen-bond acceptors (Lipinski definition) is 6. The van der Waals surface area contributed by atoms with Crippen LogP contribution in [0.4, 0.5) is 11.4 Å². The Labute approximate surface area is 215 Å². The number of benzene rings is 4. The number of hydrazone groups is 1. The molecule has 36 heavy (non-hydrogen) atoms. The van der Waals surface area contributed by atoms with Crippen LogP contribution in [0.15, 0.2) is 138 Å². The van der Waals surface area contributed by atoms with Crippen molar-refractivity contribution in [2.24, 2.45) is 10.1 Å². The Morgan fingerprint density at radius 2 is 1.31 bits per heavy atom. The molecule has 0 N–H and O–H groups in total. The molecule has 1 spiro atoms. The molecule has 6 heteroatoms. The van der Waals surface area contributed by atoms with E-state index in [-0.39, 0.29) is 0 Å². The first-order chi connectivity index (χ1) is 17.8. The number of para-hydroxylation sites is 1. The van der Waals surface area contributed by atoms with Crippen molar-refractivity contribution in [3.05, 3.63) is 139 Å². The molecule has 0 radical (unpaired) electrons. The van der Waals surface area contributed by atoms with Crippen LogP contribution < -0.4 is 14.6 Å². The fourth-order valence-electron chi connectivity index (χ4n) is 4.32. The van der Waals surface area contributed by atoms with E-state index in [0.29, 0.717) is 0 Å². The second-order valence-electron chi connectivity index (χ2n) is 8.34. The van der Waals surface area contributed by atoms with Gasteiger partial charge in [-0.15, -0.1) is 0 Å². The number of anilines is 2. The van der Waals surface area contributed by atoms with Crippen molar-refractivity contribution < 1.29 is 4.74 Å². The number of nitrogens with zero attached hydrogens (tertiary/aromatic N) is 4. The molecule has 0 saturated heterocycles. The monoisotopic (exact) mass is 488 g/mol. The maximum Gasteiger partial charge on any atom is 0.290 e. The molecule has 2 heterocycles. The normalized spacial score (nSPS) is 18.8. The first kappa shape index (κ1) is 22.2. The van der Waals surface area contributed by atoms with E-state index in [0.717, 1.165) is 39.0 Å². The zero-order valence-corrected chi connectivity index (χ0v) is 20.5. The van der Waals surface area contributed by atoms with Crippen LogP contribution in [0.2, 0.25) is 0 Å². The number of ether oxygens (including phenoxy) is 1. The Morgan fingerprint density at radius 3 is 1.94 bits per heavy atom. The summed E-state index contributed by atoms with van der Waals surface area (Å²) in [5, 5.41) is 7.18. The highest BCUT2D eigenvalue weighted by Gasteiger charge is 2.51. The smallest absolute Gasteiger partial charge is 0.290 e. The molecule has 0 amide bonds. The van der Waals surface area contributed by atoms with Crippen LogP contribution in [-0.4, -0.2) is 23.0 Å². The van der Waals surface area contributed by atoms with Gasteiger partial charge in [-0.25, -0.2) is 10.0 Å². The Morgan fingerprint density at radius 1 is 0.694 bits per heavy atom. The third kappa shape index (κ3) is 3.95. The largest absolute Gasteiger partial charge is 0.497 e. The quantitative estimate of drug-likeness (QED) is 0.312. The van der Waals surface area contributed by atoms with Gasteiger partial charge in [-0.05, 0) is 59.8 Å². The van der Waals surface area contributed by atoms with Gasteiger partial charge in [0, 0.05) is 17.5 Å². The molecule has 0 fully saturated rings. The maximum absolute atomic E-state index is 5.42. The summed E-state index contributed by atoms with van der Waals surface area (Å²) in [6.45, 7) is 0. The third-order valence-corrected chi connectivity index (χ3v) is 7.35. The van der Waals surface area contributed by atoms with Crippen molar-refractivity contribution in [1.82, 2.24) is 0 Å². The van der Waals surface area contributed by atoms with E-state index >= 15 is 0 Å². The van der Waals surface area contributed by atoms with E-state index < -0.39 is 5.12 Å². The van der Waals surface area contributed by atoms with Gasteiger partial charge in [-0.2, -0.15) is 5.10 Å². The predicted octanol–water partition coefficient (Wildman–Crippen LogP) is 6.74. The number of hydrogen-bond donors (Lipinski definition) is 0. The number of allylic oxidation sites excluding steroid dienone is 1. The lowest BCUT2D eigenvalue weighted by molar-refractivity contribution is 0.414. The van der Waals surface area contributed by atoms with Crippen LogP contribution in [0.1, 0.15) is 11.1 Å². The van der Waals surface area contributed by atoms with E-state index in [9.17, 15) is 0 Å². The van der Waals surface area contributed by atoms with Gasteiger partial charge in [0.2, 0.25) is 0 Å². The SMILES string of the molecule is COc1ccc(N2C=CC(c3ccccc3)=NC23SC(c2ccccc2)=NN3c2ccccc2)cc1. The fourth-order valence-corrected chi connectivity index (χ4v) is 5.60. The molecule has 1 atom stereocenters. The van der Waals surface area contributed by atoms with E-state index in [1.807, 2.05) is 71.7 Å². The molecule has 0 saturated carbocycles. The second-order valence-corrected chi connectivity index (χ2v) is 9.48. The Balaban J connectivity index is 1.55. The van der Waals surface area contributed by atoms with Crippen LogP contribution in [0, 0.1) is 0 Å². The summed E-state index contributed by atoms with van der Waals surface area (Å²) in [6.07, 6.45) is 4.17. The number of methoxy groups -OCH3 is 1. The predicted molar refractivity (Wildman–Crippen MR) is 150 cm³/mol. The van der Waals surface area contributed by atoms with Crippen LogP contribution in [-0.2, 0) is 0 Å². The van der Waals surface area contributed by atoms with Gasteiger partial charge in [0.1, 0.15) is 10.8 Å². The summed E-state index contributed by atoms with van der Waals surface area (Å²) in [5.41, 5.74) is 4.96. The Kier molecular flexibility index (Phi) is 5.79. The molecule has 1 unspecified atom stereocenters. The molecule has 2 aliphatic rings. The number of thioether (sulfide) groups is 1. The van der Waals surface area contributed by atoms with E-state index in [1.165, 1.54) is 0 Å². The van der Waals surface area contributed by atoms with Crippen LogP contribution in [0.5, 0.6) is 5.75 Å². The average Bonchev–Trinajstić information content (AvgIpc) is 3.33. The molecule has 2 aliphatic heterocycles. The van der Waals surface area contributed by atoms with Gasteiger partial charge in [0.15, 0.2) is 0 Å². The Bertz CT molecular complexity index is 1440. The van der Waals surface area contributed by atoms with E-state index in [4.69, 9.17) is 14.8 Å². The van der Waals surface area contributed by atoms with E-state index in [1.54, 1.807) is 18.9 Å². The molecule has 0 aliphatic carbocycles. The number of rotatable bonds is 5. The van der Waals surface area contributed by atoms with Crippen molar-refractivity contribution in [2.75, 3.05) is 17.0 Å². The highest BCUT2D eigenvalue weighted by molar-refractivity contribution is 8.16. The molecular formula is C30H24N4OS. The lowest BCUT2D eigenvalue weighted by Crippen LogP contribution is -2.54.